The topological polar surface area (TPSA) is 24.5 Å². The van der Waals surface area contributed by atoms with Gasteiger partial charge in [-0.25, -0.2) is 0 Å². The molecule has 21 heavy (non-hydrogen) atoms. The van der Waals surface area contributed by atoms with E-state index in [1.54, 1.807) is 0 Å². The molecule has 0 amide bonds. The first-order chi connectivity index (χ1) is 9.88. The van der Waals surface area contributed by atoms with E-state index in [-0.39, 0.29) is 5.54 Å². The van der Waals surface area contributed by atoms with Gasteiger partial charge in [0, 0.05) is 35.7 Å². The van der Waals surface area contributed by atoms with Gasteiger partial charge < -0.3 is 10.1 Å². The molecule has 0 bridgehead atoms. The summed E-state index contributed by atoms with van der Waals surface area (Å²) < 4.78 is 6.80. The molecule has 1 N–H and O–H groups in total. The molecule has 1 aromatic carbocycles. The van der Waals surface area contributed by atoms with Gasteiger partial charge in [0.25, 0.3) is 0 Å². The molecule has 1 aliphatic heterocycles. The molecule has 0 aliphatic carbocycles. The Morgan fingerprint density at radius 2 is 2.14 bits per heavy atom. The number of nitrogens with one attached hydrogen (secondary N) is 1. The van der Waals surface area contributed by atoms with Gasteiger partial charge in [0.2, 0.25) is 0 Å². The Balaban J connectivity index is 2.03. The molecule has 0 saturated carbocycles. The van der Waals surface area contributed by atoms with E-state index in [2.05, 4.69) is 72.0 Å². The Kier molecular flexibility index (Phi) is 5.83. The Hall–Kier alpha value is -0.420. The molecular weight excluding hydrogens is 328 g/mol. The highest BCUT2D eigenvalue weighted by atomic mass is 79.9. The summed E-state index contributed by atoms with van der Waals surface area (Å²) in [4.78, 5) is 2.50. The zero-order valence-electron chi connectivity index (χ0n) is 13.6. The Morgan fingerprint density at radius 1 is 1.38 bits per heavy atom. The normalized spacial score (nSPS) is 19.1. The van der Waals surface area contributed by atoms with Crippen LogP contribution in [0.15, 0.2) is 22.7 Å². The fourth-order valence-electron chi connectivity index (χ4n) is 2.54. The first-order valence-electron chi connectivity index (χ1n) is 7.72. The summed E-state index contributed by atoms with van der Waals surface area (Å²) in [6, 6.07) is 7.21. The molecule has 1 heterocycles. The van der Waals surface area contributed by atoms with Crippen molar-refractivity contribution < 1.29 is 4.74 Å². The maximum absolute atomic E-state index is 5.59. The maximum Gasteiger partial charge on any atom is 0.0645 e. The van der Waals surface area contributed by atoms with Crippen LogP contribution in [-0.4, -0.2) is 36.2 Å². The minimum atomic E-state index is 0.107. The van der Waals surface area contributed by atoms with Crippen molar-refractivity contribution in [1.82, 2.24) is 10.2 Å². The summed E-state index contributed by atoms with van der Waals surface area (Å²) in [5, 5.41) is 3.46. The van der Waals surface area contributed by atoms with Gasteiger partial charge in [0.15, 0.2) is 0 Å². The Morgan fingerprint density at radius 3 is 2.76 bits per heavy atom. The molecule has 1 aliphatic rings. The smallest absolute Gasteiger partial charge is 0.0645 e. The van der Waals surface area contributed by atoms with E-state index in [1.165, 1.54) is 15.6 Å². The van der Waals surface area contributed by atoms with Crippen LogP contribution < -0.4 is 5.32 Å². The van der Waals surface area contributed by atoms with Crippen molar-refractivity contribution in [1.29, 1.82) is 0 Å². The number of rotatable bonds is 5. The molecule has 4 heteroatoms. The van der Waals surface area contributed by atoms with Gasteiger partial charge in [-0.1, -0.05) is 41.9 Å². The third-order valence-electron chi connectivity index (χ3n) is 4.01. The molecule has 1 fully saturated rings. The lowest BCUT2D eigenvalue weighted by molar-refractivity contribution is -0.0553. The van der Waals surface area contributed by atoms with Crippen LogP contribution >= 0.6 is 15.9 Å². The van der Waals surface area contributed by atoms with Crippen LogP contribution in [0.25, 0.3) is 0 Å². The Bertz CT molecular complexity index is 474. The molecule has 1 saturated heterocycles. The second-order valence-corrected chi connectivity index (χ2v) is 7.60. The third kappa shape index (κ3) is 4.78. The zero-order valence-corrected chi connectivity index (χ0v) is 15.2. The summed E-state index contributed by atoms with van der Waals surface area (Å²) in [7, 11) is 0. The molecule has 0 unspecified atom stereocenters. The molecule has 3 nitrogen and oxygen atoms in total. The molecule has 0 spiro atoms. The van der Waals surface area contributed by atoms with Crippen LogP contribution in [0.3, 0.4) is 0 Å². The van der Waals surface area contributed by atoms with Gasteiger partial charge in [-0.15, -0.1) is 0 Å². The predicted molar refractivity (Wildman–Crippen MR) is 91.4 cm³/mol. The highest BCUT2D eigenvalue weighted by Crippen LogP contribution is 2.26. The van der Waals surface area contributed by atoms with Gasteiger partial charge >= 0.3 is 0 Å². The fraction of sp³-hybridized carbons (Fsp3) is 0.647. The molecule has 0 aromatic heterocycles. The van der Waals surface area contributed by atoms with Crippen LogP contribution in [0.4, 0.5) is 0 Å². The van der Waals surface area contributed by atoms with Crippen molar-refractivity contribution in [2.75, 3.05) is 19.8 Å². The van der Waals surface area contributed by atoms with E-state index in [1.807, 2.05) is 0 Å². The lowest BCUT2D eigenvalue weighted by Crippen LogP contribution is -2.52. The average Bonchev–Trinajstić information content (AvgIpc) is 2.41. The predicted octanol–water partition coefficient (Wildman–Crippen LogP) is 3.56. The van der Waals surface area contributed by atoms with Crippen molar-refractivity contribution in [3.05, 3.63) is 33.8 Å². The van der Waals surface area contributed by atoms with Crippen LogP contribution in [-0.2, 0) is 17.8 Å². The van der Waals surface area contributed by atoms with Gasteiger partial charge in [-0.05, 0) is 31.0 Å². The van der Waals surface area contributed by atoms with Crippen LogP contribution in [0.5, 0.6) is 0 Å². The number of benzene rings is 1. The fourth-order valence-corrected chi connectivity index (χ4v) is 3.09. The molecule has 0 radical (unpaired) electrons. The summed E-state index contributed by atoms with van der Waals surface area (Å²) in [5.41, 5.74) is 2.77. The number of morpholine rings is 1. The summed E-state index contributed by atoms with van der Waals surface area (Å²) >= 11 is 3.73. The lowest BCUT2D eigenvalue weighted by Gasteiger charge is -2.42. The highest BCUT2D eigenvalue weighted by Gasteiger charge is 2.30. The van der Waals surface area contributed by atoms with E-state index in [9.17, 15) is 0 Å². The zero-order chi connectivity index (χ0) is 15.5. The lowest BCUT2D eigenvalue weighted by atomic mass is 10.0. The average molecular weight is 355 g/mol. The Labute approximate surface area is 137 Å². The molecule has 118 valence electrons. The van der Waals surface area contributed by atoms with Crippen molar-refractivity contribution in [3.8, 4) is 0 Å². The quantitative estimate of drug-likeness (QED) is 0.874. The van der Waals surface area contributed by atoms with Crippen molar-refractivity contribution >= 4 is 15.9 Å². The van der Waals surface area contributed by atoms with E-state index in [4.69, 9.17) is 4.74 Å². The number of hydrogen-bond donors (Lipinski definition) is 1. The minimum Gasteiger partial charge on any atom is -0.378 e. The van der Waals surface area contributed by atoms with E-state index in [0.717, 1.165) is 32.8 Å². The second kappa shape index (κ2) is 7.23. The maximum atomic E-state index is 5.59. The van der Waals surface area contributed by atoms with Crippen LogP contribution in [0.1, 0.15) is 38.8 Å². The SMILES string of the molecule is CC(C)NCc1ccc(CN2CCOCC2(C)C)c(Br)c1. The summed E-state index contributed by atoms with van der Waals surface area (Å²) in [6.45, 7) is 13.4. The van der Waals surface area contributed by atoms with Crippen molar-refractivity contribution in [2.24, 2.45) is 0 Å². The minimum absolute atomic E-state index is 0.107. The third-order valence-corrected chi connectivity index (χ3v) is 4.75. The number of hydrogen-bond acceptors (Lipinski definition) is 3. The monoisotopic (exact) mass is 354 g/mol. The van der Waals surface area contributed by atoms with E-state index in [0.29, 0.717) is 6.04 Å². The van der Waals surface area contributed by atoms with Crippen molar-refractivity contribution in [3.63, 3.8) is 0 Å². The first-order valence-corrected chi connectivity index (χ1v) is 8.51. The summed E-state index contributed by atoms with van der Waals surface area (Å²) in [5.74, 6) is 0. The standard InChI is InChI=1S/C17H27BrN2O/c1-13(2)19-10-14-5-6-15(16(18)9-14)11-20-7-8-21-12-17(20,3)4/h5-6,9,13,19H,7-8,10-12H2,1-4H3. The summed E-state index contributed by atoms with van der Waals surface area (Å²) in [6.07, 6.45) is 0. The number of nitrogens with zero attached hydrogens (tertiary/aromatic N) is 1. The second-order valence-electron chi connectivity index (χ2n) is 6.75. The highest BCUT2D eigenvalue weighted by molar-refractivity contribution is 9.10. The van der Waals surface area contributed by atoms with E-state index >= 15 is 0 Å². The number of halogens is 1. The van der Waals surface area contributed by atoms with Crippen molar-refractivity contribution in [2.45, 2.75) is 52.4 Å². The number of ether oxygens (including phenoxy) is 1. The molecule has 1 aromatic rings. The van der Waals surface area contributed by atoms with Gasteiger partial charge in [0.1, 0.15) is 0 Å². The van der Waals surface area contributed by atoms with Crippen LogP contribution in [0, 0.1) is 0 Å². The molecule has 2 rings (SSSR count). The van der Waals surface area contributed by atoms with Gasteiger partial charge in [-0.2, -0.15) is 0 Å². The van der Waals surface area contributed by atoms with Gasteiger partial charge in [0.05, 0.1) is 13.2 Å². The van der Waals surface area contributed by atoms with Gasteiger partial charge in [-0.3, -0.25) is 4.90 Å². The largest absolute Gasteiger partial charge is 0.378 e. The van der Waals surface area contributed by atoms with E-state index < -0.39 is 0 Å². The molecule has 0 atom stereocenters. The molecular formula is C17H27BrN2O. The van der Waals surface area contributed by atoms with Crippen LogP contribution in [0.2, 0.25) is 0 Å². The first kappa shape index (κ1) is 16.9.